The third-order valence-corrected chi connectivity index (χ3v) is 6.75. The molecule has 0 bridgehead atoms. The Labute approximate surface area is 204 Å². The normalized spacial score (nSPS) is 11.3. The topological polar surface area (TPSA) is 110 Å². The number of esters is 1. The highest BCUT2D eigenvalue weighted by Crippen LogP contribution is 2.27. The monoisotopic (exact) mass is 490 g/mol. The van der Waals surface area contributed by atoms with Crippen LogP contribution in [0.25, 0.3) is 11.0 Å². The predicted octanol–water partition coefficient (Wildman–Crippen LogP) is 5.36. The van der Waals surface area contributed by atoms with Crippen molar-refractivity contribution >= 4 is 44.3 Å². The SMILES string of the molecule is CCCOC(=O)c1ccc(Nc2nc3ccccc3nc2NS(=O)(=O)c2ccc(C)c(C)c2)cc1. The molecular formula is C26H26N4O4S. The Morgan fingerprint density at radius 3 is 2.17 bits per heavy atom. The van der Waals surface area contributed by atoms with Crippen molar-refractivity contribution in [2.75, 3.05) is 16.6 Å². The zero-order chi connectivity index (χ0) is 25.0. The zero-order valence-electron chi connectivity index (χ0n) is 19.7. The number of anilines is 3. The number of carbonyl (C=O) groups excluding carboxylic acids is 1. The van der Waals surface area contributed by atoms with Crippen LogP contribution in [0.5, 0.6) is 0 Å². The van der Waals surface area contributed by atoms with E-state index in [1.54, 1.807) is 54.6 Å². The van der Waals surface area contributed by atoms with Gasteiger partial charge in [0.15, 0.2) is 11.6 Å². The van der Waals surface area contributed by atoms with Gasteiger partial charge in [0.2, 0.25) is 0 Å². The van der Waals surface area contributed by atoms with Crippen molar-refractivity contribution < 1.29 is 17.9 Å². The summed E-state index contributed by atoms with van der Waals surface area (Å²) in [5, 5.41) is 3.12. The molecule has 0 unspecified atom stereocenters. The molecule has 180 valence electrons. The fourth-order valence-electron chi connectivity index (χ4n) is 3.33. The highest BCUT2D eigenvalue weighted by Gasteiger charge is 2.20. The summed E-state index contributed by atoms with van der Waals surface area (Å²) in [6.07, 6.45) is 0.743. The first-order chi connectivity index (χ1) is 16.8. The number of nitrogens with zero attached hydrogens (tertiary/aromatic N) is 2. The van der Waals surface area contributed by atoms with E-state index in [1.165, 1.54) is 0 Å². The van der Waals surface area contributed by atoms with Crippen molar-refractivity contribution in [2.24, 2.45) is 0 Å². The molecule has 0 spiro atoms. The number of nitrogens with one attached hydrogen (secondary N) is 2. The second-order valence-corrected chi connectivity index (χ2v) is 9.78. The molecule has 4 aromatic rings. The van der Waals surface area contributed by atoms with Crippen LogP contribution in [0.3, 0.4) is 0 Å². The van der Waals surface area contributed by atoms with Gasteiger partial charge < -0.3 is 10.1 Å². The van der Waals surface area contributed by atoms with E-state index in [-0.39, 0.29) is 16.5 Å². The average Bonchev–Trinajstić information content (AvgIpc) is 2.84. The lowest BCUT2D eigenvalue weighted by Gasteiger charge is -2.14. The molecular weight excluding hydrogens is 464 g/mol. The molecule has 9 heteroatoms. The number of aromatic nitrogens is 2. The first-order valence-corrected chi connectivity index (χ1v) is 12.7. The van der Waals surface area contributed by atoms with Gasteiger partial charge in [-0.2, -0.15) is 0 Å². The van der Waals surface area contributed by atoms with Gasteiger partial charge in [0, 0.05) is 5.69 Å². The molecule has 1 aromatic heterocycles. The fraction of sp³-hybridized carbons (Fsp3) is 0.192. The molecule has 1 heterocycles. The summed E-state index contributed by atoms with van der Waals surface area (Å²) in [6.45, 7) is 6.07. The summed E-state index contributed by atoms with van der Waals surface area (Å²) in [7, 11) is -3.92. The van der Waals surface area contributed by atoms with E-state index < -0.39 is 16.0 Å². The van der Waals surface area contributed by atoms with Gasteiger partial charge in [-0.05, 0) is 79.9 Å². The quantitative estimate of drug-likeness (QED) is 0.320. The fourth-order valence-corrected chi connectivity index (χ4v) is 4.42. The highest BCUT2D eigenvalue weighted by molar-refractivity contribution is 7.92. The second kappa shape index (κ2) is 10.1. The minimum Gasteiger partial charge on any atom is -0.462 e. The van der Waals surface area contributed by atoms with E-state index in [0.717, 1.165) is 17.5 Å². The highest BCUT2D eigenvalue weighted by atomic mass is 32.2. The molecule has 4 rings (SSSR count). The Morgan fingerprint density at radius 1 is 0.886 bits per heavy atom. The maximum Gasteiger partial charge on any atom is 0.338 e. The Balaban J connectivity index is 1.67. The lowest BCUT2D eigenvalue weighted by Crippen LogP contribution is -2.16. The molecule has 0 saturated heterocycles. The number of carbonyl (C=O) groups is 1. The number of hydrogen-bond acceptors (Lipinski definition) is 7. The number of benzene rings is 3. The van der Waals surface area contributed by atoms with Gasteiger partial charge in [0.25, 0.3) is 10.0 Å². The molecule has 0 aliphatic rings. The number of para-hydroxylation sites is 2. The minimum atomic E-state index is -3.92. The molecule has 0 fully saturated rings. The van der Waals surface area contributed by atoms with Crippen molar-refractivity contribution in [1.82, 2.24) is 9.97 Å². The third kappa shape index (κ3) is 5.58. The van der Waals surface area contributed by atoms with E-state index in [9.17, 15) is 13.2 Å². The maximum atomic E-state index is 13.2. The Bertz CT molecular complexity index is 1490. The van der Waals surface area contributed by atoms with Crippen LogP contribution in [0, 0.1) is 13.8 Å². The largest absolute Gasteiger partial charge is 0.462 e. The van der Waals surface area contributed by atoms with Crippen LogP contribution < -0.4 is 10.0 Å². The summed E-state index contributed by atoms with van der Waals surface area (Å²) >= 11 is 0. The van der Waals surface area contributed by atoms with Crippen molar-refractivity contribution in [2.45, 2.75) is 32.1 Å². The van der Waals surface area contributed by atoms with E-state index in [1.807, 2.05) is 32.9 Å². The van der Waals surface area contributed by atoms with E-state index in [0.29, 0.717) is 28.9 Å². The lowest BCUT2D eigenvalue weighted by atomic mass is 10.1. The molecule has 0 amide bonds. The van der Waals surface area contributed by atoms with Gasteiger partial charge in [-0.1, -0.05) is 25.1 Å². The molecule has 0 radical (unpaired) electrons. The van der Waals surface area contributed by atoms with Gasteiger partial charge in [-0.25, -0.2) is 23.2 Å². The summed E-state index contributed by atoms with van der Waals surface area (Å²) < 4.78 is 34.0. The molecule has 0 aliphatic carbocycles. The van der Waals surface area contributed by atoms with Gasteiger partial charge in [0.05, 0.1) is 28.1 Å². The summed E-state index contributed by atoms with van der Waals surface area (Å²) in [5.41, 5.74) is 4.04. The van der Waals surface area contributed by atoms with Crippen LogP contribution >= 0.6 is 0 Å². The summed E-state index contributed by atoms with van der Waals surface area (Å²) in [6, 6.07) is 18.8. The van der Waals surface area contributed by atoms with Crippen LogP contribution in [0.2, 0.25) is 0 Å². The molecule has 0 atom stereocenters. The van der Waals surface area contributed by atoms with E-state index in [2.05, 4.69) is 20.0 Å². The third-order valence-electron chi connectivity index (χ3n) is 5.41. The molecule has 8 nitrogen and oxygen atoms in total. The lowest BCUT2D eigenvalue weighted by molar-refractivity contribution is 0.0505. The Kier molecular flexibility index (Phi) is 6.97. The van der Waals surface area contributed by atoms with E-state index >= 15 is 0 Å². The van der Waals surface area contributed by atoms with Gasteiger partial charge in [0.1, 0.15) is 0 Å². The molecule has 35 heavy (non-hydrogen) atoms. The van der Waals surface area contributed by atoms with Crippen LogP contribution in [0.15, 0.2) is 71.6 Å². The van der Waals surface area contributed by atoms with Crippen molar-refractivity contribution in [3.05, 3.63) is 83.4 Å². The number of ether oxygens (including phenoxy) is 1. The van der Waals surface area contributed by atoms with Crippen molar-refractivity contribution in [3.63, 3.8) is 0 Å². The maximum absolute atomic E-state index is 13.2. The molecule has 3 aromatic carbocycles. The van der Waals surface area contributed by atoms with Crippen LogP contribution in [0.4, 0.5) is 17.3 Å². The molecule has 0 aliphatic heterocycles. The molecule has 2 N–H and O–H groups in total. The first-order valence-electron chi connectivity index (χ1n) is 11.2. The zero-order valence-corrected chi connectivity index (χ0v) is 20.5. The van der Waals surface area contributed by atoms with Crippen LogP contribution in [-0.2, 0) is 14.8 Å². The number of sulfonamides is 1. The standard InChI is InChI=1S/C26H26N4O4S/c1-4-15-34-26(31)19-10-12-20(13-11-19)27-24-25(29-23-8-6-5-7-22(23)28-24)30-35(32,33)21-14-9-17(2)18(3)16-21/h5-14,16H,4,15H2,1-3H3,(H,27,28)(H,29,30). The van der Waals surface area contributed by atoms with Gasteiger partial charge in [-0.15, -0.1) is 0 Å². The number of hydrogen-bond donors (Lipinski definition) is 2. The number of fused-ring (bicyclic) bond motifs is 1. The van der Waals surface area contributed by atoms with Crippen LogP contribution in [0.1, 0.15) is 34.8 Å². The van der Waals surface area contributed by atoms with Crippen molar-refractivity contribution in [1.29, 1.82) is 0 Å². The number of rotatable bonds is 8. The van der Waals surface area contributed by atoms with Crippen LogP contribution in [-0.4, -0.2) is 31.0 Å². The molecule has 0 saturated carbocycles. The van der Waals surface area contributed by atoms with Gasteiger partial charge >= 0.3 is 5.97 Å². The van der Waals surface area contributed by atoms with Gasteiger partial charge in [-0.3, -0.25) is 4.72 Å². The second-order valence-electron chi connectivity index (χ2n) is 8.10. The summed E-state index contributed by atoms with van der Waals surface area (Å²) in [4.78, 5) is 21.3. The first kappa shape index (κ1) is 24.2. The predicted molar refractivity (Wildman–Crippen MR) is 137 cm³/mol. The average molecular weight is 491 g/mol. The van der Waals surface area contributed by atoms with Crippen molar-refractivity contribution in [3.8, 4) is 0 Å². The smallest absolute Gasteiger partial charge is 0.338 e. The number of aryl methyl sites for hydroxylation is 2. The Hall–Kier alpha value is -3.98. The minimum absolute atomic E-state index is 0.0633. The Morgan fingerprint density at radius 2 is 1.54 bits per heavy atom. The van der Waals surface area contributed by atoms with E-state index in [4.69, 9.17) is 4.74 Å². The summed E-state index contributed by atoms with van der Waals surface area (Å²) in [5.74, 6) is -0.100.